The Kier molecular flexibility index (Phi) is 3.43. The fraction of sp³-hybridized carbons (Fsp3) is 0.154. The molecule has 2 nitrogen and oxygen atoms in total. The van der Waals surface area contributed by atoms with Crippen LogP contribution in [0.2, 0.25) is 0 Å². The first kappa shape index (κ1) is 12.7. The van der Waals surface area contributed by atoms with Crippen molar-refractivity contribution in [2.75, 3.05) is 7.11 Å². The molecule has 0 aliphatic rings. The summed E-state index contributed by atoms with van der Waals surface area (Å²) < 4.78 is 30.8. The van der Waals surface area contributed by atoms with Gasteiger partial charge in [0.15, 0.2) is 11.6 Å². The summed E-state index contributed by atoms with van der Waals surface area (Å²) in [6.07, 6.45) is 0. The van der Waals surface area contributed by atoms with E-state index in [1.165, 1.54) is 24.5 Å². The standard InChI is InChI=1S/C13H10F2O2S/c1-7-6-18-12(13(16)17-2)11(7)8-3-4-9(14)10(15)5-8/h3-6H,1-2H3. The molecular weight excluding hydrogens is 258 g/mol. The van der Waals surface area contributed by atoms with Gasteiger partial charge in [-0.1, -0.05) is 6.07 Å². The van der Waals surface area contributed by atoms with E-state index in [4.69, 9.17) is 0 Å². The second kappa shape index (κ2) is 4.86. The molecule has 0 saturated carbocycles. The van der Waals surface area contributed by atoms with E-state index in [2.05, 4.69) is 4.74 Å². The van der Waals surface area contributed by atoms with Crippen molar-refractivity contribution in [2.45, 2.75) is 6.92 Å². The number of aryl methyl sites for hydroxylation is 1. The van der Waals surface area contributed by atoms with Crippen LogP contribution in [0.4, 0.5) is 8.78 Å². The highest BCUT2D eigenvalue weighted by Gasteiger charge is 2.18. The minimum atomic E-state index is -0.936. The maximum atomic E-state index is 13.2. The third kappa shape index (κ3) is 2.13. The fourth-order valence-electron chi connectivity index (χ4n) is 1.70. The summed E-state index contributed by atoms with van der Waals surface area (Å²) in [6.45, 7) is 1.81. The fourth-order valence-corrected chi connectivity index (χ4v) is 2.69. The van der Waals surface area contributed by atoms with Gasteiger partial charge in [-0.3, -0.25) is 0 Å². The Morgan fingerprint density at radius 1 is 1.28 bits per heavy atom. The molecule has 0 spiro atoms. The first-order valence-corrected chi connectivity index (χ1v) is 6.04. The summed E-state index contributed by atoms with van der Waals surface area (Å²) >= 11 is 1.22. The van der Waals surface area contributed by atoms with Crippen LogP contribution >= 0.6 is 11.3 Å². The Balaban J connectivity index is 2.59. The van der Waals surface area contributed by atoms with Gasteiger partial charge in [0, 0.05) is 5.56 Å². The van der Waals surface area contributed by atoms with Crippen LogP contribution in [0.25, 0.3) is 11.1 Å². The molecule has 94 valence electrons. The van der Waals surface area contributed by atoms with Crippen molar-refractivity contribution in [1.82, 2.24) is 0 Å². The van der Waals surface area contributed by atoms with Crippen LogP contribution in [0.15, 0.2) is 23.6 Å². The Morgan fingerprint density at radius 2 is 2.00 bits per heavy atom. The molecule has 1 aromatic carbocycles. The largest absolute Gasteiger partial charge is 0.465 e. The molecule has 0 atom stereocenters. The normalized spacial score (nSPS) is 10.4. The smallest absolute Gasteiger partial charge is 0.348 e. The van der Waals surface area contributed by atoms with Crippen molar-refractivity contribution in [2.24, 2.45) is 0 Å². The third-order valence-electron chi connectivity index (χ3n) is 2.55. The van der Waals surface area contributed by atoms with Gasteiger partial charge in [0.2, 0.25) is 0 Å². The number of ether oxygens (including phenoxy) is 1. The molecule has 0 saturated heterocycles. The summed E-state index contributed by atoms with van der Waals surface area (Å²) in [6, 6.07) is 3.57. The highest BCUT2D eigenvalue weighted by Crippen LogP contribution is 2.33. The summed E-state index contributed by atoms with van der Waals surface area (Å²) in [5, 5.41) is 1.78. The van der Waals surface area contributed by atoms with Crippen molar-refractivity contribution in [3.63, 3.8) is 0 Å². The SMILES string of the molecule is COC(=O)c1scc(C)c1-c1ccc(F)c(F)c1. The molecule has 5 heteroatoms. The molecule has 2 rings (SSSR count). The van der Waals surface area contributed by atoms with Crippen molar-refractivity contribution in [3.8, 4) is 11.1 Å². The molecule has 0 N–H and O–H groups in total. The number of carbonyl (C=O) groups is 1. The molecule has 18 heavy (non-hydrogen) atoms. The monoisotopic (exact) mass is 268 g/mol. The van der Waals surface area contributed by atoms with Crippen molar-refractivity contribution in [3.05, 3.63) is 45.7 Å². The molecule has 0 radical (unpaired) electrons. The zero-order chi connectivity index (χ0) is 13.3. The van der Waals surface area contributed by atoms with Gasteiger partial charge < -0.3 is 4.74 Å². The molecule has 1 heterocycles. The zero-order valence-electron chi connectivity index (χ0n) is 9.79. The summed E-state index contributed by atoms with van der Waals surface area (Å²) in [5.74, 6) is -2.33. The van der Waals surface area contributed by atoms with Crippen molar-refractivity contribution < 1.29 is 18.3 Å². The molecule has 0 unspecified atom stereocenters. The van der Waals surface area contributed by atoms with E-state index in [1.807, 2.05) is 0 Å². The molecule has 0 aliphatic heterocycles. The summed E-state index contributed by atoms with van der Waals surface area (Å²) in [4.78, 5) is 12.0. The number of rotatable bonds is 2. The van der Waals surface area contributed by atoms with Gasteiger partial charge in [-0.25, -0.2) is 13.6 Å². The summed E-state index contributed by atoms with van der Waals surface area (Å²) in [7, 11) is 1.28. The lowest BCUT2D eigenvalue weighted by Gasteiger charge is -2.05. The molecule has 1 aromatic heterocycles. The molecule has 0 fully saturated rings. The molecule has 2 aromatic rings. The molecule has 0 aliphatic carbocycles. The van der Waals surface area contributed by atoms with Gasteiger partial charge in [0.05, 0.1) is 7.11 Å². The quantitative estimate of drug-likeness (QED) is 0.775. The van der Waals surface area contributed by atoms with Gasteiger partial charge in [0.25, 0.3) is 0 Å². The number of benzene rings is 1. The van der Waals surface area contributed by atoms with Crippen LogP contribution < -0.4 is 0 Å². The predicted molar refractivity (Wildman–Crippen MR) is 65.7 cm³/mol. The van der Waals surface area contributed by atoms with Crippen LogP contribution in [0.5, 0.6) is 0 Å². The second-order valence-electron chi connectivity index (χ2n) is 3.74. The van der Waals surface area contributed by atoms with E-state index >= 15 is 0 Å². The lowest BCUT2D eigenvalue weighted by Crippen LogP contribution is -2.00. The van der Waals surface area contributed by atoms with Gasteiger partial charge in [0.1, 0.15) is 4.88 Å². The van der Waals surface area contributed by atoms with E-state index in [0.29, 0.717) is 16.0 Å². The average molecular weight is 268 g/mol. The maximum Gasteiger partial charge on any atom is 0.348 e. The predicted octanol–water partition coefficient (Wildman–Crippen LogP) is 3.79. The van der Waals surface area contributed by atoms with Crippen LogP contribution in [-0.4, -0.2) is 13.1 Å². The van der Waals surface area contributed by atoms with Crippen LogP contribution in [0.1, 0.15) is 15.2 Å². The minimum absolute atomic E-state index is 0.390. The number of hydrogen-bond acceptors (Lipinski definition) is 3. The Morgan fingerprint density at radius 3 is 2.61 bits per heavy atom. The highest BCUT2D eigenvalue weighted by atomic mass is 32.1. The minimum Gasteiger partial charge on any atom is -0.465 e. The first-order chi connectivity index (χ1) is 8.54. The van der Waals surface area contributed by atoms with Crippen molar-refractivity contribution in [1.29, 1.82) is 0 Å². The number of methoxy groups -OCH3 is 1. The number of halogens is 2. The van der Waals surface area contributed by atoms with Crippen LogP contribution in [0.3, 0.4) is 0 Å². The molecule has 0 amide bonds. The maximum absolute atomic E-state index is 13.2. The lowest BCUT2D eigenvalue weighted by molar-refractivity contribution is 0.0607. The first-order valence-electron chi connectivity index (χ1n) is 5.16. The van der Waals surface area contributed by atoms with E-state index in [-0.39, 0.29) is 0 Å². The lowest BCUT2D eigenvalue weighted by atomic mass is 10.0. The van der Waals surface area contributed by atoms with Crippen molar-refractivity contribution >= 4 is 17.3 Å². The Bertz CT molecular complexity index is 605. The second-order valence-corrected chi connectivity index (χ2v) is 4.62. The van der Waals surface area contributed by atoms with Gasteiger partial charge in [-0.05, 0) is 35.6 Å². The van der Waals surface area contributed by atoms with E-state index in [0.717, 1.165) is 17.7 Å². The number of esters is 1. The number of hydrogen-bond donors (Lipinski definition) is 0. The third-order valence-corrected chi connectivity index (χ3v) is 3.63. The zero-order valence-corrected chi connectivity index (χ0v) is 10.6. The molecule has 0 bridgehead atoms. The topological polar surface area (TPSA) is 26.3 Å². The Hall–Kier alpha value is -1.75. The van der Waals surface area contributed by atoms with E-state index < -0.39 is 17.6 Å². The number of carbonyl (C=O) groups excluding carboxylic acids is 1. The number of thiophene rings is 1. The highest BCUT2D eigenvalue weighted by molar-refractivity contribution is 7.12. The van der Waals surface area contributed by atoms with Crippen LogP contribution in [-0.2, 0) is 4.74 Å². The van der Waals surface area contributed by atoms with Gasteiger partial charge in [-0.15, -0.1) is 11.3 Å². The van der Waals surface area contributed by atoms with E-state index in [9.17, 15) is 13.6 Å². The average Bonchev–Trinajstić information content (AvgIpc) is 2.74. The van der Waals surface area contributed by atoms with Crippen LogP contribution in [0, 0.1) is 18.6 Å². The van der Waals surface area contributed by atoms with Gasteiger partial charge >= 0.3 is 5.97 Å². The Labute approximate surface area is 107 Å². The summed E-state index contributed by atoms with van der Waals surface area (Å²) in [5.41, 5.74) is 1.88. The van der Waals surface area contributed by atoms with E-state index in [1.54, 1.807) is 12.3 Å². The molecular formula is C13H10F2O2S. The van der Waals surface area contributed by atoms with Gasteiger partial charge in [-0.2, -0.15) is 0 Å².